The van der Waals surface area contributed by atoms with E-state index in [1.807, 2.05) is 81.6 Å². The molecule has 5 aromatic rings. The highest BCUT2D eigenvalue weighted by atomic mass is 32.1. The number of nitrogens with zero attached hydrogens (tertiary/aromatic N) is 4. The molecule has 7 nitrogen and oxygen atoms in total. The van der Waals surface area contributed by atoms with Crippen molar-refractivity contribution in [2.45, 2.75) is 32.9 Å². The van der Waals surface area contributed by atoms with Crippen molar-refractivity contribution < 1.29 is 4.79 Å². The van der Waals surface area contributed by atoms with Crippen molar-refractivity contribution in [3.63, 3.8) is 0 Å². The fraction of sp³-hybridized carbons (Fsp3) is 0.200. The first-order valence-corrected chi connectivity index (χ1v) is 14.1. The Bertz CT molecular complexity index is 1640. The number of hydrogen-bond acceptors (Lipinski definition) is 5. The van der Waals surface area contributed by atoms with Crippen molar-refractivity contribution in [1.29, 1.82) is 0 Å². The second-order valence-electron chi connectivity index (χ2n) is 9.91. The number of nitrogens with one attached hydrogen (secondary N) is 2. The second kappa shape index (κ2) is 10.2. The van der Waals surface area contributed by atoms with Crippen molar-refractivity contribution in [3.05, 3.63) is 102 Å². The van der Waals surface area contributed by atoms with Crippen LogP contribution in [0.2, 0.25) is 0 Å². The van der Waals surface area contributed by atoms with Crippen LogP contribution >= 0.6 is 23.6 Å². The first-order valence-electron chi connectivity index (χ1n) is 12.9. The Kier molecular flexibility index (Phi) is 6.62. The molecule has 1 saturated heterocycles. The molecule has 6 rings (SSSR count). The summed E-state index contributed by atoms with van der Waals surface area (Å²) in [4.78, 5) is 24.1. The van der Waals surface area contributed by atoms with Gasteiger partial charge in [0.25, 0.3) is 0 Å². The first-order chi connectivity index (χ1) is 18.9. The lowest BCUT2D eigenvalue weighted by atomic mass is 10.0. The van der Waals surface area contributed by atoms with Crippen molar-refractivity contribution in [3.8, 4) is 5.13 Å². The van der Waals surface area contributed by atoms with Crippen LogP contribution in [-0.2, 0) is 4.79 Å². The number of para-hydroxylation sites is 1. The number of aromatic nitrogens is 3. The van der Waals surface area contributed by atoms with Crippen LogP contribution in [0.25, 0.3) is 15.3 Å². The topological polar surface area (TPSA) is 75.1 Å². The molecule has 0 saturated carbocycles. The Morgan fingerprint density at radius 2 is 1.90 bits per heavy atom. The molecule has 4 heterocycles. The van der Waals surface area contributed by atoms with Crippen molar-refractivity contribution in [2.75, 3.05) is 10.2 Å². The normalized spacial score (nSPS) is 17.1. The van der Waals surface area contributed by atoms with Gasteiger partial charge >= 0.3 is 0 Å². The molecule has 39 heavy (non-hydrogen) atoms. The zero-order valence-corrected chi connectivity index (χ0v) is 23.5. The Hall–Kier alpha value is -4.08. The minimum Gasteiger partial charge on any atom is -0.351 e. The van der Waals surface area contributed by atoms with Crippen LogP contribution < -0.4 is 15.5 Å². The molecule has 1 fully saturated rings. The monoisotopic (exact) mass is 552 g/mol. The van der Waals surface area contributed by atoms with Crippen LogP contribution in [0.15, 0.2) is 85.2 Å². The lowest BCUT2D eigenvalue weighted by Crippen LogP contribution is -2.30. The molecule has 0 unspecified atom stereocenters. The summed E-state index contributed by atoms with van der Waals surface area (Å²) in [6.07, 6.45) is 3.86. The Morgan fingerprint density at radius 3 is 2.64 bits per heavy atom. The number of anilines is 2. The fourth-order valence-electron chi connectivity index (χ4n) is 4.92. The zero-order valence-electron chi connectivity index (χ0n) is 21.8. The van der Waals surface area contributed by atoms with Crippen molar-refractivity contribution >= 4 is 56.2 Å². The van der Waals surface area contributed by atoms with Gasteiger partial charge in [0, 0.05) is 29.7 Å². The number of thiazole rings is 1. The van der Waals surface area contributed by atoms with Gasteiger partial charge in [0.1, 0.15) is 6.04 Å². The molecule has 0 bridgehead atoms. The number of thiocarbonyl (C=S) groups is 1. The van der Waals surface area contributed by atoms with Gasteiger partial charge in [-0.1, -0.05) is 43.4 Å². The number of hydrogen-bond donors (Lipinski definition) is 2. The van der Waals surface area contributed by atoms with Gasteiger partial charge in [-0.05, 0) is 79.3 Å². The number of aryl methyl sites for hydroxylation is 1. The average Bonchev–Trinajstić information content (AvgIpc) is 3.66. The maximum absolute atomic E-state index is 12.3. The summed E-state index contributed by atoms with van der Waals surface area (Å²) in [6.45, 7) is 5.77. The Labute approximate surface area is 236 Å². The molecule has 2 N–H and O–H groups in total. The van der Waals surface area contributed by atoms with Gasteiger partial charge in [0.15, 0.2) is 10.2 Å². The number of carbonyl (C=O) groups excluding carboxylic acids is 1. The summed E-state index contributed by atoms with van der Waals surface area (Å²) < 4.78 is 3.29. The van der Waals surface area contributed by atoms with Gasteiger partial charge < -0.3 is 15.5 Å². The number of amides is 1. The summed E-state index contributed by atoms with van der Waals surface area (Å²) >= 11 is 7.60. The minimum atomic E-state index is -0.190. The molecule has 0 aliphatic carbocycles. The van der Waals surface area contributed by atoms with Crippen LogP contribution in [0.5, 0.6) is 0 Å². The van der Waals surface area contributed by atoms with Gasteiger partial charge in [0.05, 0.1) is 27.6 Å². The minimum absolute atomic E-state index is 0.00837. The van der Waals surface area contributed by atoms with Gasteiger partial charge in [-0.2, -0.15) is 0 Å². The molecule has 0 spiro atoms. The van der Waals surface area contributed by atoms with Crippen LogP contribution in [-0.4, -0.2) is 25.6 Å². The van der Waals surface area contributed by atoms with Gasteiger partial charge in [0.2, 0.25) is 5.91 Å². The van der Waals surface area contributed by atoms with Gasteiger partial charge in [-0.3, -0.25) is 14.3 Å². The molecule has 2 atom stereocenters. The highest BCUT2D eigenvalue weighted by Crippen LogP contribution is 2.43. The fourth-order valence-corrected chi connectivity index (χ4v) is 6.24. The standard InChI is InChI=1S/C30H28N6OS2/c1-18(2)28(37)32-21-14-13-20(17-19(21)3)36-27(26(34-29(36)38)23-10-6-7-15-31-23)24-11-8-16-35(24)30-33-22-9-4-5-12-25(22)39-30/h4-18,26-27H,1-3H3,(H,32,37)(H,34,38)/t26-,27-/m0/s1. The smallest absolute Gasteiger partial charge is 0.226 e. The largest absolute Gasteiger partial charge is 0.351 e. The highest BCUT2D eigenvalue weighted by molar-refractivity contribution is 7.80. The third-order valence-electron chi connectivity index (χ3n) is 6.94. The molecule has 1 amide bonds. The van der Waals surface area contributed by atoms with E-state index in [-0.39, 0.29) is 23.9 Å². The number of carbonyl (C=O) groups is 1. The van der Waals surface area contributed by atoms with E-state index in [4.69, 9.17) is 17.2 Å². The van der Waals surface area contributed by atoms with E-state index < -0.39 is 0 Å². The molecule has 2 aromatic carbocycles. The predicted molar refractivity (Wildman–Crippen MR) is 162 cm³/mol. The zero-order chi connectivity index (χ0) is 27.1. The lowest BCUT2D eigenvalue weighted by Gasteiger charge is -2.29. The summed E-state index contributed by atoms with van der Waals surface area (Å²) in [5.41, 5.74) is 5.63. The third-order valence-corrected chi connectivity index (χ3v) is 8.29. The summed E-state index contributed by atoms with van der Waals surface area (Å²) in [6, 6.07) is 24.0. The van der Waals surface area contributed by atoms with Gasteiger partial charge in [-0.25, -0.2) is 4.98 Å². The van der Waals surface area contributed by atoms with E-state index >= 15 is 0 Å². The first kappa shape index (κ1) is 25.2. The van der Waals surface area contributed by atoms with Crippen LogP contribution in [0.1, 0.15) is 42.9 Å². The average molecular weight is 553 g/mol. The van der Waals surface area contributed by atoms with E-state index in [0.29, 0.717) is 5.11 Å². The van der Waals surface area contributed by atoms with E-state index in [0.717, 1.165) is 43.7 Å². The quantitative estimate of drug-likeness (QED) is 0.232. The summed E-state index contributed by atoms with van der Waals surface area (Å²) in [7, 11) is 0. The predicted octanol–water partition coefficient (Wildman–Crippen LogP) is 6.56. The van der Waals surface area contributed by atoms with Crippen molar-refractivity contribution in [1.82, 2.24) is 19.9 Å². The van der Waals surface area contributed by atoms with Crippen molar-refractivity contribution in [2.24, 2.45) is 5.92 Å². The van der Waals surface area contributed by atoms with E-state index in [9.17, 15) is 4.79 Å². The molecular weight excluding hydrogens is 525 g/mol. The van der Waals surface area contributed by atoms with Crippen LogP contribution in [0.4, 0.5) is 11.4 Å². The Morgan fingerprint density at radius 1 is 1.08 bits per heavy atom. The number of benzene rings is 2. The van der Waals surface area contributed by atoms with E-state index in [1.54, 1.807) is 11.3 Å². The summed E-state index contributed by atoms with van der Waals surface area (Å²) in [5, 5.41) is 8.08. The number of pyridine rings is 1. The van der Waals surface area contributed by atoms with E-state index in [2.05, 4.69) is 49.5 Å². The molecule has 9 heteroatoms. The highest BCUT2D eigenvalue weighted by Gasteiger charge is 2.42. The molecule has 1 aliphatic heterocycles. The van der Waals surface area contributed by atoms with Crippen LogP contribution in [0, 0.1) is 12.8 Å². The maximum Gasteiger partial charge on any atom is 0.226 e. The maximum atomic E-state index is 12.3. The second-order valence-corrected chi connectivity index (χ2v) is 11.3. The van der Waals surface area contributed by atoms with Gasteiger partial charge in [-0.15, -0.1) is 0 Å². The molecule has 3 aromatic heterocycles. The van der Waals surface area contributed by atoms with E-state index in [1.165, 1.54) is 0 Å². The summed E-state index contributed by atoms with van der Waals surface area (Å²) in [5.74, 6) is -0.107. The molecular formula is C30H28N6OS2. The van der Waals surface area contributed by atoms with Crippen LogP contribution in [0.3, 0.4) is 0 Å². The molecule has 196 valence electrons. The number of rotatable bonds is 6. The number of fused-ring (bicyclic) bond motifs is 1. The third kappa shape index (κ3) is 4.68. The Balaban J connectivity index is 1.45. The lowest BCUT2D eigenvalue weighted by molar-refractivity contribution is -0.118. The molecule has 1 aliphatic rings. The SMILES string of the molecule is Cc1cc(N2C(=S)N[C@@H](c3ccccn3)[C@@H]2c2cccn2-c2nc3ccccc3s2)ccc1NC(=O)C(C)C. The molecule has 0 radical (unpaired) electrons.